The van der Waals surface area contributed by atoms with Crippen molar-refractivity contribution in [2.75, 3.05) is 6.61 Å². The fraction of sp³-hybridized carbons (Fsp3) is 0.167. The maximum atomic E-state index is 13.5. The summed E-state index contributed by atoms with van der Waals surface area (Å²) in [6.45, 7) is 1.67. The Kier molecular flexibility index (Phi) is 5.45. The molecule has 0 atom stereocenters. The van der Waals surface area contributed by atoms with Crippen molar-refractivity contribution in [3.05, 3.63) is 91.8 Å². The van der Waals surface area contributed by atoms with Gasteiger partial charge < -0.3 is 10.5 Å². The van der Waals surface area contributed by atoms with Gasteiger partial charge in [-0.25, -0.2) is 4.79 Å². The molecule has 0 bridgehead atoms. The Balaban J connectivity index is 1.73. The summed E-state index contributed by atoms with van der Waals surface area (Å²) in [4.78, 5) is 42.5. The van der Waals surface area contributed by atoms with Crippen LogP contribution in [-0.2, 0) is 18.4 Å². The van der Waals surface area contributed by atoms with Crippen molar-refractivity contribution in [1.29, 1.82) is 0 Å². The van der Waals surface area contributed by atoms with Gasteiger partial charge in [-0.15, -0.1) is 0 Å². The lowest BCUT2D eigenvalue weighted by atomic mass is 10.2. The second-order valence-electron chi connectivity index (χ2n) is 8.14. The number of hydrogen-bond acceptors (Lipinski definition) is 5. The number of nitrogens with two attached hydrogens (primary N) is 1. The molecule has 0 aliphatic carbocycles. The molecule has 2 N–H and O–H groups in total. The van der Waals surface area contributed by atoms with Crippen LogP contribution in [0, 0.1) is 6.92 Å². The number of nitrogens with zero attached hydrogens (tertiary/aromatic N) is 5. The number of halogens is 1. The monoisotopic (exact) mass is 492 g/mol. The SMILES string of the molecule is Cc1cn2c3c(=O)n(Cc4ccc(Cl)cc4)c(=O)n(C)c3nc2n1-c1ccccc1OCC(N)=O. The summed E-state index contributed by atoms with van der Waals surface area (Å²) in [5, 5.41) is 0.568. The van der Waals surface area contributed by atoms with Crippen LogP contribution in [0.25, 0.3) is 22.6 Å². The molecule has 0 saturated heterocycles. The number of carbonyl (C=O) groups is 1. The number of aryl methyl sites for hydroxylation is 2. The smallest absolute Gasteiger partial charge is 0.332 e. The van der Waals surface area contributed by atoms with Gasteiger partial charge in [-0.2, -0.15) is 4.98 Å². The molecule has 5 aromatic rings. The molecule has 0 spiro atoms. The minimum atomic E-state index is -0.600. The Bertz CT molecular complexity index is 1730. The topological polar surface area (TPSA) is 119 Å². The molecule has 0 aliphatic heterocycles. The molecule has 3 aromatic heterocycles. The maximum absolute atomic E-state index is 13.5. The van der Waals surface area contributed by atoms with E-state index in [-0.39, 0.29) is 24.3 Å². The highest BCUT2D eigenvalue weighted by Gasteiger charge is 2.22. The van der Waals surface area contributed by atoms with Crippen LogP contribution in [0.15, 0.2) is 64.3 Å². The van der Waals surface area contributed by atoms with E-state index in [2.05, 4.69) is 4.98 Å². The van der Waals surface area contributed by atoms with E-state index in [9.17, 15) is 14.4 Å². The summed E-state index contributed by atoms with van der Waals surface area (Å²) in [6, 6.07) is 14.1. The maximum Gasteiger partial charge on any atom is 0.332 e. The molecule has 3 heterocycles. The highest BCUT2D eigenvalue weighted by molar-refractivity contribution is 6.30. The molecule has 0 fully saturated rings. The van der Waals surface area contributed by atoms with E-state index in [0.717, 1.165) is 11.3 Å². The lowest BCUT2D eigenvalue weighted by molar-refractivity contribution is -0.119. The number of imidazole rings is 2. The third kappa shape index (κ3) is 3.77. The Morgan fingerprint density at radius 1 is 1.11 bits per heavy atom. The van der Waals surface area contributed by atoms with Crippen molar-refractivity contribution >= 4 is 34.4 Å². The van der Waals surface area contributed by atoms with Crippen molar-refractivity contribution in [3.63, 3.8) is 0 Å². The molecule has 0 aliphatic rings. The van der Waals surface area contributed by atoms with Gasteiger partial charge in [0.1, 0.15) is 5.75 Å². The zero-order valence-corrected chi connectivity index (χ0v) is 19.7. The molecule has 2 aromatic carbocycles. The minimum Gasteiger partial charge on any atom is -0.482 e. The van der Waals surface area contributed by atoms with E-state index in [1.54, 1.807) is 64.7 Å². The number of benzene rings is 2. The normalized spacial score (nSPS) is 11.4. The second-order valence-corrected chi connectivity index (χ2v) is 8.58. The number of ether oxygens (including phenoxy) is 1. The van der Waals surface area contributed by atoms with Gasteiger partial charge in [0.2, 0.25) is 5.78 Å². The molecular weight excluding hydrogens is 472 g/mol. The summed E-state index contributed by atoms with van der Waals surface area (Å²) >= 11 is 5.97. The average Bonchev–Trinajstić information content (AvgIpc) is 3.35. The minimum absolute atomic E-state index is 0.0926. The summed E-state index contributed by atoms with van der Waals surface area (Å²) < 4.78 is 11.6. The fourth-order valence-electron chi connectivity index (χ4n) is 4.13. The van der Waals surface area contributed by atoms with Crippen LogP contribution < -0.4 is 21.7 Å². The van der Waals surface area contributed by atoms with Crippen molar-refractivity contribution in [2.24, 2.45) is 12.8 Å². The van der Waals surface area contributed by atoms with Crippen molar-refractivity contribution in [1.82, 2.24) is 23.1 Å². The van der Waals surface area contributed by atoms with E-state index in [0.29, 0.717) is 22.2 Å². The van der Waals surface area contributed by atoms with Crippen LogP contribution in [0.5, 0.6) is 5.75 Å². The van der Waals surface area contributed by atoms with Crippen LogP contribution in [-0.4, -0.2) is 35.6 Å². The molecule has 11 heteroatoms. The first-order chi connectivity index (χ1) is 16.8. The van der Waals surface area contributed by atoms with Gasteiger partial charge in [0, 0.05) is 24.0 Å². The quantitative estimate of drug-likeness (QED) is 0.389. The first kappa shape index (κ1) is 22.5. The number of para-hydroxylation sites is 2. The first-order valence-corrected chi connectivity index (χ1v) is 11.1. The fourth-order valence-corrected chi connectivity index (χ4v) is 4.26. The van der Waals surface area contributed by atoms with E-state index >= 15 is 0 Å². The van der Waals surface area contributed by atoms with Crippen LogP contribution in [0.2, 0.25) is 5.02 Å². The average molecular weight is 493 g/mol. The highest BCUT2D eigenvalue weighted by atomic mass is 35.5. The Morgan fingerprint density at radius 2 is 1.83 bits per heavy atom. The number of hydrogen-bond donors (Lipinski definition) is 1. The highest BCUT2D eigenvalue weighted by Crippen LogP contribution is 2.28. The number of aromatic nitrogens is 5. The van der Waals surface area contributed by atoms with Gasteiger partial charge in [-0.05, 0) is 36.8 Å². The number of primary amides is 1. The van der Waals surface area contributed by atoms with Crippen LogP contribution >= 0.6 is 11.6 Å². The van der Waals surface area contributed by atoms with Gasteiger partial charge in [-0.1, -0.05) is 35.9 Å². The lowest BCUT2D eigenvalue weighted by Crippen LogP contribution is -2.39. The molecule has 1 amide bonds. The van der Waals surface area contributed by atoms with E-state index in [1.807, 2.05) is 13.0 Å². The number of amides is 1. The Morgan fingerprint density at radius 3 is 2.54 bits per heavy atom. The van der Waals surface area contributed by atoms with E-state index in [4.69, 9.17) is 22.1 Å². The largest absolute Gasteiger partial charge is 0.482 e. The van der Waals surface area contributed by atoms with Gasteiger partial charge >= 0.3 is 5.69 Å². The van der Waals surface area contributed by atoms with Gasteiger partial charge in [0.15, 0.2) is 17.8 Å². The number of rotatable bonds is 6. The third-order valence-corrected chi connectivity index (χ3v) is 6.01. The standard InChI is InChI=1S/C24H21ClN6O4/c1-14-11-29-20-21(27-23(29)31(14)17-5-3-4-6-18(17)35-13-19(26)32)28(2)24(34)30(22(20)33)12-15-7-9-16(25)10-8-15/h3-11H,12-13H2,1-2H3,(H2,26,32). The molecule has 0 radical (unpaired) electrons. The molecular formula is C24H21ClN6O4. The van der Waals surface area contributed by atoms with Crippen molar-refractivity contribution < 1.29 is 9.53 Å². The summed E-state index contributed by atoms with van der Waals surface area (Å²) in [7, 11) is 1.58. The molecule has 10 nitrogen and oxygen atoms in total. The van der Waals surface area contributed by atoms with E-state index < -0.39 is 17.2 Å². The van der Waals surface area contributed by atoms with Gasteiger partial charge in [-0.3, -0.25) is 27.7 Å². The zero-order valence-electron chi connectivity index (χ0n) is 18.9. The molecule has 0 unspecified atom stereocenters. The molecule has 5 rings (SSSR count). The van der Waals surface area contributed by atoms with Gasteiger partial charge in [0.25, 0.3) is 11.5 Å². The number of carbonyl (C=O) groups excluding carboxylic acids is 1. The predicted octanol–water partition coefficient (Wildman–Crippen LogP) is 2.01. The van der Waals surface area contributed by atoms with Crippen molar-refractivity contribution in [2.45, 2.75) is 13.5 Å². The number of fused-ring (bicyclic) bond motifs is 3. The lowest BCUT2D eigenvalue weighted by Gasteiger charge is -2.12. The van der Waals surface area contributed by atoms with Crippen LogP contribution in [0.3, 0.4) is 0 Å². The Hall–Kier alpha value is -4.31. The first-order valence-electron chi connectivity index (χ1n) is 10.7. The van der Waals surface area contributed by atoms with Gasteiger partial charge in [0.05, 0.1) is 12.2 Å². The van der Waals surface area contributed by atoms with Crippen molar-refractivity contribution in [3.8, 4) is 11.4 Å². The molecule has 178 valence electrons. The molecule has 35 heavy (non-hydrogen) atoms. The predicted molar refractivity (Wildman–Crippen MR) is 132 cm³/mol. The van der Waals surface area contributed by atoms with Crippen LogP contribution in [0.1, 0.15) is 11.3 Å². The second kappa shape index (κ2) is 8.48. The van der Waals surface area contributed by atoms with E-state index in [1.165, 1.54) is 9.13 Å². The summed E-state index contributed by atoms with van der Waals surface area (Å²) in [5.41, 5.74) is 6.98. The Labute approximate surface area is 203 Å². The van der Waals surface area contributed by atoms with Crippen LogP contribution in [0.4, 0.5) is 0 Å². The zero-order chi connectivity index (χ0) is 24.9. The summed E-state index contributed by atoms with van der Waals surface area (Å²) in [6.07, 6.45) is 1.77. The third-order valence-electron chi connectivity index (χ3n) is 5.76. The molecule has 0 saturated carbocycles. The summed E-state index contributed by atoms with van der Waals surface area (Å²) in [5.74, 6) is 0.245.